The van der Waals surface area contributed by atoms with E-state index in [0.717, 1.165) is 0 Å². The number of carbonyl (C=O) groups is 5. The zero-order valence-corrected chi connectivity index (χ0v) is 14.9. The summed E-state index contributed by atoms with van der Waals surface area (Å²) in [5, 5.41) is 24.2. The van der Waals surface area contributed by atoms with E-state index in [1.54, 1.807) is 0 Å². The van der Waals surface area contributed by atoms with E-state index in [2.05, 4.69) is 23.3 Å². The van der Waals surface area contributed by atoms with Gasteiger partial charge in [-0.15, -0.1) is 0 Å². The smallest absolute Gasteiger partial charge is 0.328 e. The van der Waals surface area contributed by atoms with E-state index in [9.17, 15) is 24.0 Å². The Morgan fingerprint density at radius 3 is 1.96 bits per heavy atom. The number of aliphatic hydroxyl groups excluding tert-OH is 1. The summed E-state index contributed by atoms with van der Waals surface area (Å²) in [5.74, 6) is -4.84. The topological polar surface area (TPSA) is 214 Å². The molecule has 148 valence electrons. The van der Waals surface area contributed by atoms with Gasteiger partial charge >= 0.3 is 5.97 Å². The van der Waals surface area contributed by atoms with Gasteiger partial charge < -0.3 is 37.6 Å². The maximum Gasteiger partial charge on any atom is 0.328 e. The summed E-state index contributed by atoms with van der Waals surface area (Å²) in [6, 6.07) is -5.08. The molecular weight excluding hydrogens is 370 g/mol. The number of thiol groups is 1. The number of primary amides is 1. The van der Waals surface area contributed by atoms with Gasteiger partial charge in [0, 0.05) is 5.75 Å². The Morgan fingerprint density at radius 2 is 1.54 bits per heavy atom. The van der Waals surface area contributed by atoms with Crippen LogP contribution in [0.4, 0.5) is 0 Å². The summed E-state index contributed by atoms with van der Waals surface area (Å²) in [5.41, 5.74) is 10.4. The molecule has 0 aliphatic carbocycles. The Balaban J connectivity index is 4.73. The number of nitrogens with one attached hydrogen (secondary N) is 3. The van der Waals surface area contributed by atoms with E-state index < -0.39 is 66.8 Å². The first kappa shape index (κ1) is 23.6. The standard InChI is InChI=1S/C13H23N5O7S/c1-5(16-11(22)6(14)2-9(15)20)10(21)18-8(4-26)12(23)17-7(3-19)13(24)25/h5-8,19,26H,2-4,14H2,1H3,(H2,15,20)(H,16,22)(H,17,23)(H,18,21)(H,24,25). The van der Waals surface area contributed by atoms with Gasteiger partial charge in [0.1, 0.15) is 18.1 Å². The zero-order chi connectivity index (χ0) is 20.4. The van der Waals surface area contributed by atoms with Crippen LogP contribution in [0.3, 0.4) is 0 Å². The highest BCUT2D eigenvalue weighted by Gasteiger charge is 2.27. The summed E-state index contributed by atoms with van der Waals surface area (Å²) < 4.78 is 0. The third-order valence-corrected chi connectivity index (χ3v) is 3.49. The van der Waals surface area contributed by atoms with Gasteiger partial charge in [0.2, 0.25) is 23.6 Å². The number of hydrogen-bond acceptors (Lipinski definition) is 8. The van der Waals surface area contributed by atoms with Crippen LogP contribution in [0.15, 0.2) is 0 Å². The number of nitrogens with two attached hydrogens (primary N) is 2. The molecule has 0 spiro atoms. The van der Waals surface area contributed by atoms with Crippen LogP contribution in [0.1, 0.15) is 13.3 Å². The van der Waals surface area contributed by atoms with Crippen molar-refractivity contribution < 1.29 is 34.2 Å². The molecule has 0 aliphatic heterocycles. The minimum absolute atomic E-state index is 0.169. The van der Waals surface area contributed by atoms with Crippen molar-refractivity contribution in [3.63, 3.8) is 0 Å². The number of carbonyl (C=O) groups excluding carboxylic acids is 4. The van der Waals surface area contributed by atoms with Crippen molar-refractivity contribution in [1.29, 1.82) is 0 Å². The molecule has 0 saturated carbocycles. The number of aliphatic carboxylic acids is 1. The summed E-state index contributed by atoms with van der Waals surface area (Å²) in [6.45, 7) is 0.476. The largest absolute Gasteiger partial charge is 0.480 e. The van der Waals surface area contributed by atoms with Crippen LogP contribution >= 0.6 is 12.6 Å². The number of amides is 4. The molecule has 9 N–H and O–H groups in total. The van der Waals surface area contributed by atoms with Crippen molar-refractivity contribution in [2.24, 2.45) is 11.5 Å². The van der Waals surface area contributed by atoms with E-state index in [4.69, 9.17) is 21.7 Å². The predicted octanol–water partition coefficient (Wildman–Crippen LogP) is -4.33. The molecule has 0 heterocycles. The Hall–Kier alpha value is -2.38. The maximum atomic E-state index is 12.0. The van der Waals surface area contributed by atoms with Gasteiger partial charge in [-0.05, 0) is 6.92 Å². The average Bonchev–Trinajstić information content (AvgIpc) is 2.55. The normalized spacial score (nSPS) is 15.1. The van der Waals surface area contributed by atoms with E-state index >= 15 is 0 Å². The molecule has 4 unspecified atom stereocenters. The Morgan fingerprint density at radius 1 is 1.00 bits per heavy atom. The molecule has 0 aromatic heterocycles. The maximum absolute atomic E-state index is 12.0. The Kier molecular flexibility index (Phi) is 10.2. The minimum atomic E-state index is -1.54. The van der Waals surface area contributed by atoms with Gasteiger partial charge in [0.15, 0.2) is 0 Å². The van der Waals surface area contributed by atoms with Gasteiger partial charge in [-0.25, -0.2) is 4.79 Å². The molecule has 0 aromatic carbocycles. The van der Waals surface area contributed by atoms with Gasteiger partial charge in [-0.3, -0.25) is 19.2 Å². The van der Waals surface area contributed by atoms with Crippen molar-refractivity contribution in [3.05, 3.63) is 0 Å². The van der Waals surface area contributed by atoms with Gasteiger partial charge in [-0.1, -0.05) is 0 Å². The van der Waals surface area contributed by atoms with Crippen LogP contribution in [-0.2, 0) is 24.0 Å². The highest BCUT2D eigenvalue weighted by Crippen LogP contribution is 1.95. The SMILES string of the molecule is CC(NC(=O)C(N)CC(N)=O)C(=O)NC(CS)C(=O)NC(CO)C(=O)O. The summed E-state index contributed by atoms with van der Waals surface area (Å²) in [6.07, 6.45) is -0.403. The van der Waals surface area contributed by atoms with Crippen LogP contribution in [-0.4, -0.2) is 76.3 Å². The molecule has 4 atom stereocenters. The molecule has 0 radical (unpaired) electrons. The Labute approximate surface area is 154 Å². The third-order valence-electron chi connectivity index (χ3n) is 3.12. The minimum Gasteiger partial charge on any atom is -0.480 e. The number of hydrogen-bond donors (Lipinski definition) is 8. The van der Waals surface area contributed by atoms with E-state index in [1.807, 2.05) is 5.32 Å². The summed E-state index contributed by atoms with van der Waals surface area (Å²) >= 11 is 3.90. The monoisotopic (exact) mass is 393 g/mol. The average molecular weight is 393 g/mol. The second kappa shape index (κ2) is 11.3. The highest BCUT2D eigenvalue weighted by atomic mass is 32.1. The molecule has 0 aromatic rings. The second-order valence-electron chi connectivity index (χ2n) is 5.33. The van der Waals surface area contributed by atoms with Crippen molar-refractivity contribution in [3.8, 4) is 0 Å². The lowest BCUT2D eigenvalue weighted by atomic mass is 10.1. The molecular formula is C13H23N5O7S. The lowest BCUT2D eigenvalue weighted by Gasteiger charge is -2.22. The van der Waals surface area contributed by atoms with Crippen LogP contribution in [0, 0.1) is 0 Å². The van der Waals surface area contributed by atoms with Crippen molar-refractivity contribution in [2.75, 3.05) is 12.4 Å². The molecule has 0 rings (SSSR count). The number of carboxylic acids is 1. The van der Waals surface area contributed by atoms with Gasteiger partial charge in [0.05, 0.1) is 19.1 Å². The molecule has 12 nitrogen and oxygen atoms in total. The summed E-state index contributed by atoms with van der Waals surface area (Å²) in [4.78, 5) is 57.2. The zero-order valence-electron chi connectivity index (χ0n) is 14.0. The molecule has 0 fully saturated rings. The third kappa shape index (κ3) is 8.13. The molecule has 0 aliphatic rings. The first-order valence-corrected chi connectivity index (χ1v) is 8.06. The number of aliphatic hydroxyl groups is 1. The van der Waals surface area contributed by atoms with E-state index in [-0.39, 0.29) is 5.75 Å². The van der Waals surface area contributed by atoms with Crippen molar-refractivity contribution in [1.82, 2.24) is 16.0 Å². The lowest BCUT2D eigenvalue weighted by Crippen LogP contribution is -2.57. The van der Waals surface area contributed by atoms with E-state index in [1.165, 1.54) is 6.92 Å². The Bertz CT molecular complexity index is 559. The predicted molar refractivity (Wildman–Crippen MR) is 91.8 cm³/mol. The fourth-order valence-corrected chi connectivity index (χ4v) is 1.90. The van der Waals surface area contributed by atoms with Crippen LogP contribution < -0.4 is 27.4 Å². The number of carboxylic acid groups (broad SMARTS) is 1. The van der Waals surface area contributed by atoms with Crippen molar-refractivity contribution >= 4 is 42.2 Å². The lowest BCUT2D eigenvalue weighted by molar-refractivity contribution is -0.143. The second-order valence-corrected chi connectivity index (χ2v) is 5.70. The molecule has 13 heteroatoms. The molecule has 0 bridgehead atoms. The molecule has 26 heavy (non-hydrogen) atoms. The van der Waals surface area contributed by atoms with Crippen molar-refractivity contribution in [2.45, 2.75) is 37.5 Å². The fraction of sp³-hybridized carbons (Fsp3) is 0.615. The van der Waals surface area contributed by atoms with Crippen LogP contribution in [0.5, 0.6) is 0 Å². The van der Waals surface area contributed by atoms with Crippen LogP contribution in [0.2, 0.25) is 0 Å². The first-order valence-electron chi connectivity index (χ1n) is 7.43. The quantitative estimate of drug-likeness (QED) is 0.160. The molecule has 4 amide bonds. The van der Waals surface area contributed by atoms with Crippen LogP contribution in [0.25, 0.3) is 0 Å². The summed E-state index contributed by atoms with van der Waals surface area (Å²) in [7, 11) is 0. The van der Waals surface area contributed by atoms with E-state index in [0.29, 0.717) is 0 Å². The fourth-order valence-electron chi connectivity index (χ4n) is 1.64. The first-order chi connectivity index (χ1) is 12.0. The highest BCUT2D eigenvalue weighted by molar-refractivity contribution is 7.80. The van der Waals surface area contributed by atoms with Gasteiger partial charge in [0.25, 0.3) is 0 Å². The van der Waals surface area contributed by atoms with Gasteiger partial charge in [-0.2, -0.15) is 12.6 Å². The number of rotatable bonds is 11. The molecule has 0 saturated heterocycles.